The molecule has 1 aromatic carbocycles. The summed E-state index contributed by atoms with van der Waals surface area (Å²) in [6, 6.07) is 9.84. The van der Waals surface area contributed by atoms with Crippen LogP contribution in [0, 0.1) is 13.8 Å². The molecule has 0 aliphatic heterocycles. The minimum Gasteiger partial charge on any atom is -0.462 e. The Balaban J connectivity index is 2.45. The normalized spacial score (nSPS) is 10.5. The number of carbonyl (C=O) groups is 2. The standard InChI is InChI=1S/C18H23N3O3/c1-4-24-18(23)15-11-16(14-7-5-12(2)6-8-14)21(13(15)3)10-9-17(22)20-19/h5-8,11H,4,9-10,19H2,1-3H3,(H,20,22). The number of esters is 1. The summed E-state index contributed by atoms with van der Waals surface area (Å²) in [6.45, 7) is 6.39. The summed E-state index contributed by atoms with van der Waals surface area (Å²) in [6.07, 6.45) is 0.229. The maximum Gasteiger partial charge on any atom is 0.339 e. The Bertz CT molecular complexity index is 733. The van der Waals surface area contributed by atoms with Crippen molar-refractivity contribution in [1.82, 2.24) is 9.99 Å². The molecule has 0 radical (unpaired) electrons. The lowest BCUT2D eigenvalue weighted by molar-refractivity contribution is -0.121. The fraction of sp³-hybridized carbons (Fsp3) is 0.333. The minimum atomic E-state index is -0.356. The van der Waals surface area contributed by atoms with E-state index in [1.807, 2.05) is 48.7 Å². The first-order chi connectivity index (χ1) is 11.5. The van der Waals surface area contributed by atoms with Gasteiger partial charge in [0.15, 0.2) is 0 Å². The highest BCUT2D eigenvalue weighted by molar-refractivity contribution is 5.92. The summed E-state index contributed by atoms with van der Waals surface area (Å²) in [5, 5.41) is 0. The highest BCUT2D eigenvalue weighted by atomic mass is 16.5. The van der Waals surface area contributed by atoms with Crippen molar-refractivity contribution in [2.75, 3.05) is 6.61 Å². The van der Waals surface area contributed by atoms with Gasteiger partial charge in [-0.05, 0) is 32.4 Å². The lowest BCUT2D eigenvalue weighted by Crippen LogP contribution is -2.30. The molecule has 3 N–H and O–H groups in total. The van der Waals surface area contributed by atoms with E-state index < -0.39 is 0 Å². The molecular weight excluding hydrogens is 306 g/mol. The van der Waals surface area contributed by atoms with Gasteiger partial charge in [-0.15, -0.1) is 0 Å². The Labute approximate surface area is 141 Å². The molecule has 0 saturated carbocycles. The number of hydrogen-bond donors (Lipinski definition) is 2. The molecular formula is C18H23N3O3. The number of nitrogens with zero attached hydrogens (tertiary/aromatic N) is 1. The molecule has 0 spiro atoms. The Kier molecular flexibility index (Phi) is 5.76. The zero-order valence-corrected chi connectivity index (χ0v) is 14.3. The molecule has 0 unspecified atom stereocenters. The van der Waals surface area contributed by atoms with Gasteiger partial charge in [0.2, 0.25) is 5.91 Å². The van der Waals surface area contributed by atoms with E-state index in [1.165, 1.54) is 0 Å². The van der Waals surface area contributed by atoms with Crippen LogP contribution in [0.4, 0.5) is 0 Å². The maximum absolute atomic E-state index is 12.2. The zero-order chi connectivity index (χ0) is 17.7. The Hall–Kier alpha value is -2.60. The second kappa shape index (κ2) is 7.79. The minimum absolute atomic E-state index is 0.229. The van der Waals surface area contributed by atoms with E-state index in [1.54, 1.807) is 6.92 Å². The van der Waals surface area contributed by atoms with Crippen molar-refractivity contribution in [3.05, 3.63) is 47.2 Å². The number of nitrogens with one attached hydrogen (secondary N) is 1. The first-order valence-corrected chi connectivity index (χ1v) is 7.91. The van der Waals surface area contributed by atoms with Crippen LogP contribution in [0.5, 0.6) is 0 Å². The first-order valence-electron chi connectivity index (χ1n) is 7.91. The molecule has 0 aliphatic carbocycles. The Morgan fingerprint density at radius 1 is 1.21 bits per heavy atom. The van der Waals surface area contributed by atoms with Crippen LogP contribution in [0.25, 0.3) is 11.3 Å². The molecule has 2 aromatic rings. The average Bonchev–Trinajstić information content (AvgIpc) is 2.90. The molecule has 0 atom stereocenters. The van der Waals surface area contributed by atoms with Crippen LogP contribution >= 0.6 is 0 Å². The van der Waals surface area contributed by atoms with Crippen LogP contribution in [0.15, 0.2) is 30.3 Å². The van der Waals surface area contributed by atoms with Crippen LogP contribution in [-0.4, -0.2) is 23.1 Å². The van der Waals surface area contributed by atoms with Crippen molar-refractivity contribution < 1.29 is 14.3 Å². The molecule has 0 bridgehead atoms. The van der Waals surface area contributed by atoms with Gasteiger partial charge >= 0.3 is 5.97 Å². The van der Waals surface area contributed by atoms with E-state index in [4.69, 9.17) is 10.6 Å². The predicted octanol–water partition coefficient (Wildman–Crippen LogP) is 2.33. The van der Waals surface area contributed by atoms with E-state index in [-0.39, 0.29) is 18.3 Å². The molecule has 1 heterocycles. The largest absolute Gasteiger partial charge is 0.462 e. The summed E-state index contributed by atoms with van der Waals surface area (Å²) >= 11 is 0. The maximum atomic E-state index is 12.2. The number of benzene rings is 1. The molecule has 0 saturated heterocycles. The SMILES string of the molecule is CCOC(=O)c1cc(-c2ccc(C)cc2)n(CCC(=O)NN)c1C. The monoisotopic (exact) mass is 329 g/mol. The van der Waals surface area contributed by atoms with Crippen molar-refractivity contribution >= 4 is 11.9 Å². The molecule has 6 heteroatoms. The van der Waals surface area contributed by atoms with Gasteiger partial charge in [-0.1, -0.05) is 29.8 Å². The number of nitrogens with two attached hydrogens (primary N) is 1. The van der Waals surface area contributed by atoms with E-state index in [0.29, 0.717) is 18.7 Å². The molecule has 6 nitrogen and oxygen atoms in total. The average molecular weight is 329 g/mol. The molecule has 128 valence electrons. The molecule has 0 fully saturated rings. The lowest BCUT2D eigenvalue weighted by Gasteiger charge is -2.12. The van der Waals surface area contributed by atoms with E-state index in [2.05, 4.69) is 5.43 Å². The number of carbonyl (C=O) groups excluding carboxylic acids is 2. The molecule has 1 amide bonds. The first kappa shape index (κ1) is 17.7. The number of rotatable bonds is 6. The highest BCUT2D eigenvalue weighted by Gasteiger charge is 2.19. The van der Waals surface area contributed by atoms with Crippen molar-refractivity contribution in [2.24, 2.45) is 5.84 Å². The number of ether oxygens (including phenoxy) is 1. The molecule has 2 rings (SSSR count). The number of hydrogen-bond acceptors (Lipinski definition) is 4. The van der Waals surface area contributed by atoms with Crippen molar-refractivity contribution in [3.63, 3.8) is 0 Å². The quantitative estimate of drug-likeness (QED) is 0.368. The number of aromatic nitrogens is 1. The van der Waals surface area contributed by atoms with Crippen LogP contribution < -0.4 is 11.3 Å². The lowest BCUT2D eigenvalue weighted by atomic mass is 10.1. The van der Waals surface area contributed by atoms with Gasteiger partial charge in [-0.2, -0.15) is 0 Å². The Morgan fingerprint density at radius 2 is 1.88 bits per heavy atom. The summed E-state index contributed by atoms with van der Waals surface area (Å²) < 4.78 is 7.08. The van der Waals surface area contributed by atoms with Crippen molar-refractivity contribution in [1.29, 1.82) is 0 Å². The van der Waals surface area contributed by atoms with Gasteiger partial charge in [-0.25, -0.2) is 10.6 Å². The zero-order valence-electron chi connectivity index (χ0n) is 14.3. The van der Waals surface area contributed by atoms with Crippen LogP contribution in [0.3, 0.4) is 0 Å². The van der Waals surface area contributed by atoms with Crippen LogP contribution in [0.1, 0.15) is 35.0 Å². The topological polar surface area (TPSA) is 86.3 Å². The third-order valence-corrected chi connectivity index (χ3v) is 3.93. The van der Waals surface area contributed by atoms with Gasteiger partial charge in [0.25, 0.3) is 0 Å². The van der Waals surface area contributed by atoms with E-state index >= 15 is 0 Å². The van der Waals surface area contributed by atoms with Crippen LogP contribution in [-0.2, 0) is 16.1 Å². The van der Waals surface area contributed by atoms with E-state index in [9.17, 15) is 9.59 Å². The fourth-order valence-corrected chi connectivity index (χ4v) is 2.60. The summed E-state index contributed by atoms with van der Waals surface area (Å²) in [7, 11) is 0. The second-order valence-corrected chi connectivity index (χ2v) is 5.58. The third kappa shape index (κ3) is 3.83. The smallest absolute Gasteiger partial charge is 0.339 e. The van der Waals surface area contributed by atoms with Gasteiger partial charge < -0.3 is 9.30 Å². The summed E-state index contributed by atoms with van der Waals surface area (Å²) in [4.78, 5) is 23.7. The fourth-order valence-electron chi connectivity index (χ4n) is 2.60. The van der Waals surface area contributed by atoms with Gasteiger partial charge in [0.1, 0.15) is 0 Å². The number of hydrazine groups is 1. The number of amides is 1. The van der Waals surface area contributed by atoms with E-state index in [0.717, 1.165) is 22.5 Å². The molecule has 1 aromatic heterocycles. The summed E-state index contributed by atoms with van der Waals surface area (Å²) in [5.74, 6) is 4.54. The van der Waals surface area contributed by atoms with Gasteiger partial charge in [0.05, 0.1) is 12.2 Å². The second-order valence-electron chi connectivity index (χ2n) is 5.58. The number of aryl methyl sites for hydroxylation is 1. The van der Waals surface area contributed by atoms with Crippen molar-refractivity contribution in [3.8, 4) is 11.3 Å². The van der Waals surface area contributed by atoms with Crippen molar-refractivity contribution in [2.45, 2.75) is 33.7 Å². The molecule has 24 heavy (non-hydrogen) atoms. The highest BCUT2D eigenvalue weighted by Crippen LogP contribution is 2.27. The Morgan fingerprint density at radius 3 is 2.46 bits per heavy atom. The molecule has 0 aliphatic rings. The van der Waals surface area contributed by atoms with Gasteiger partial charge in [0, 0.05) is 24.4 Å². The third-order valence-electron chi connectivity index (χ3n) is 3.93. The summed E-state index contributed by atoms with van der Waals surface area (Å²) in [5.41, 5.74) is 6.42. The predicted molar refractivity (Wildman–Crippen MR) is 92.2 cm³/mol. The van der Waals surface area contributed by atoms with Crippen LogP contribution in [0.2, 0.25) is 0 Å². The van der Waals surface area contributed by atoms with Gasteiger partial charge in [-0.3, -0.25) is 10.2 Å².